The maximum absolute atomic E-state index is 14.0. The number of nitrogens with zero attached hydrogens (tertiary/aromatic N) is 1. The molecule has 1 aromatic heterocycles. The highest BCUT2D eigenvalue weighted by molar-refractivity contribution is 5.76. The lowest BCUT2D eigenvalue weighted by atomic mass is 9.96. The highest BCUT2D eigenvalue weighted by Crippen LogP contribution is 2.37. The number of aryl methyl sites for hydroxylation is 2. The van der Waals surface area contributed by atoms with Crippen molar-refractivity contribution in [1.29, 1.82) is 0 Å². The second-order valence-electron chi connectivity index (χ2n) is 5.36. The van der Waals surface area contributed by atoms with Gasteiger partial charge in [0.25, 0.3) is 0 Å². The molecule has 0 radical (unpaired) electrons. The van der Waals surface area contributed by atoms with Gasteiger partial charge >= 0.3 is 0 Å². The smallest absolute Gasteiger partial charge is 0.173 e. The summed E-state index contributed by atoms with van der Waals surface area (Å²) in [6.45, 7) is 3.36. The lowest BCUT2D eigenvalue weighted by molar-refractivity contribution is 0.281. The van der Waals surface area contributed by atoms with Gasteiger partial charge in [0.05, 0.1) is 17.7 Å². The zero-order chi connectivity index (χ0) is 16.6. The molecule has 1 heterocycles. The molecule has 0 aliphatic rings. The molecule has 23 heavy (non-hydrogen) atoms. The second kappa shape index (κ2) is 5.93. The van der Waals surface area contributed by atoms with E-state index in [0.29, 0.717) is 5.76 Å². The van der Waals surface area contributed by atoms with Gasteiger partial charge < -0.3 is 9.63 Å². The van der Waals surface area contributed by atoms with Crippen LogP contribution in [0.5, 0.6) is 0 Å². The summed E-state index contributed by atoms with van der Waals surface area (Å²) in [5.41, 5.74) is 2.59. The second-order valence-corrected chi connectivity index (χ2v) is 5.36. The van der Waals surface area contributed by atoms with Crippen LogP contribution in [-0.4, -0.2) is 10.3 Å². The van der Waals surface area contributed by atoms with E-state index >= 15 is 0 Å². The fourth-order valence-corrected chi connectivity index (χ4v) is 2.75. The topological polar surface area (TPSA) is 46.3 Å². The number of halogens is 2. The van der Waals surface area contributed by atoms with E-state index in [9.17, 15) is 13.9 Å². The van der Waals surface area contributed by atoms with Crippen molar-refractivity contribution in [3.05, 3.63) is 64.7 Å². The third-order valence-corrected chi connectivity index (χ3v) is 3.85. The average molecular weight is 315 g/mol. The number of aliphatic hydroxyl groups excluding tert-OH is 1. The molecule has 2 aromatic carbocycles. The standard InChI is InChI=1S/C18H15F2NO2/c1-10-5-3-6-11(2)15(10)18-12(9-22)17(21-23-18)16-13(19)7-4-8-14(16)20/h3-8,22H,9H2,1-2H3. The van der Waals surface area contributed by atoms with E-state index in [1.165, 1.54) is 6.07 Å². The van der Waals surface area contributed by atoms with Crippen molar-refractivity contribution in [3.63, 3.8) is 0 Å². The molecule has 3 rings (SSSR count). The van der Waals surface area contributed by atoms with E-state index in [1.54, 1.807) is 0 Å². The monoisotopic (exact) mass is 315 g/mol. The van der Waals surface area contributed by atoms with Crippen molar-refractivity contribution in [1.82, 2.24) is 5.16 Å². The summed E-state index contributed by atoms with van der Waals surface area (Å²) in [7, 11) is 0. The summed E-state index contributed by atoms with van der Waals surface area (Å²) in [5.74, 6) is -1.16. The minimum atomic E-state index is -0.749. The molecule has 1 N–H and O–H groups in total. The van der Waals surface area contributed by atoms with Crippen LogP contribution in [0.1, 0.15) is 16.7 Å². The SMILES string of the molecule is Cc1cccc(C)c1-c1onc(-c2c(F)cccc2F)c1CO. The minimum Gasteiger partial charge on any atom is -0.391 e. The van der Waals surface area contributed by atoms with E-state index in [2.05, 4.69) is 5.16 Å². The van der Waals surface area contributed by atoms with Crippen LogP contribution in [0.3, 0.4) is 0 Å². The van der Waals surface area contributed by atoms with Crippen LogP contribution in [-0.2, 0) is 6.61 Å². The Bertz CT molecular complexity index is 762. The van der Waals surface area contributed by atoms with Crippen LogP contribution in [0.25, 0.3) is 22.6 Å². The van der Waals surface area contributed by atoms with E-state index in [1.807, 2.05) is 32.0 Å². The van der Waals surface area contributed by atoms with Gasteiger partial charge in [-0.3, -0.25) is 0 Å². The maximum atomic E-state index is 14.0. The van der Waals surface area contributed by atoms with Crippen molar-refractivity contribution in [3.8, 4) is 22.6 Å². The minimum absolute atomic E-state index is 0.0132. The molecule has 0 fully saturated rings. The first-order valence-corrected chi connectivity index (χ1v) is 7.15. The lowest BCUT2D eigenvalue weighted by Crippen LogP contribution is -1.96. The third kappa shape index (κ3) is 2.53. The van der Waals surface area contributed by atoms with Crippen molar-refractivity contribution >= 4 is 0 Å². The normalized spacial score (nSPS) is 11.0. The van der Waals surface area contributed by atoms with Gasteiger partial charge in [-0.15, -0.1) is 0 Å². The van der Waals surface area contributed by atoms with Gasteiger partial charge in [-0.1, -0.05) is 29.4 Å². The van der Waals surface area contributed by atoms with Gasteiger partial charge in [-0.2, -0.15) is 0 Å². The maximum Gasteiger partial charge on any atom is 0.173 e. The van der Waals surface area contributed by atoms with Crippen LogP contribution < -0.4 is 0 Å². The quantitative estimate of drug-likeness (QED) is 0.779. The van der Waals surface area contributed by atoms with Crippen molar-refractivity contribution in [2.24, 2.45) is 0 Å². The predicted octanol–water partition coefficient (Wildman–Crippen LogP) is 4.40. The summed E-state index contributed by atoms with van der Waals surface area (Å²) >= 11 is 0. The zero-order valence-electron chi connectivity index (χ0n) is 12.7. The molecule has 3 nitrogen and oxygen atoms in total. The van der Waals surface area contributed by atoms with Gasteiger partial charge in [-0.05, 0) is 37.1 Å². The molecule has 0 bridgehead atoms. The molecule has 0 aliphatic heterocycles. The van der Waals surface area contributed by atoms with Gasteiger partial charge in [-0.25, -0.2) is 8.78 Å². The summed E-state index contributed by atoms with van der Waals surface area (Å²) in [5, 5.41) is 13.6. The number of benzene rings is 2. The largest absolute Gasteiger partial charge is 0.391 e. The Morgan fingerprint density at radius 2 is 1.52 bits per heavy atom. The predicted molar refractivity (Wildman–Crippen MR) is 82.7 cm³/mol. The Morgan fingerprint density at radius 3 is 2.09 bits per heavy atom. The molecular formula is C18H15F2NO2. The van der Waals surface area contributed by atoms with Crippen molar-refractivity contribution in [2.75, 3.05) is 0 Å². The fourth-order valence-electron chi connectivity index (χ4n) is 2.75. The summed E-state index contributed by atoms with van der Waals surface area (Å²) in [4.78, 5) is 0. The van der Waals surface area contributed by atoms with Crippen LogP contribution in [0.4, 0.5) is 8.78 Å². The van der Waals surface area contributed by atoms with E-state index in [-0.39, 0.29) is 16.8 Å². The van der Waals surface area contributed by atoms with Gasteiger partial charge in [0.1, 0.15) is 17.3 Å². The van der Waals surface area contributed by atoms with Gasteiger partial charge in [0.2, 0.25) is 0 Å². The molecule has 0 unspecified atom stereocenters. The average Bonchev–Trinajstić information content (AvgIpc) is 2.90. The Hall–Kier alpha value is -2.53. The first-order valence-electron chi connectivity index (χ1n) is 7.15. The zero-order valence-corrected chi connectivity index (χ0v) is 12.7. The van der Waals surface area contributed by atoms with Crippen LogP contribution in [0, 0.1) is 25.5 Å². The van der Waals surface area contributed by atoms with Gasteiger partial charge in [0, 0.05) is 5.56 Å². The Labute approximate surface area is 132 Å². The van der Waals surface area contributed by atoms with E-state index in [4.69, 9.17) is 4.52 Å². The molecule has 5 heteroatoms. The first-order chi connectivity index (χ1) is 11.0. The fraction of sp³-hybridized carbons (Fsp3) is 0.167. The molecule has 0 saturated heterocycles. The molecule has 0 saturated carbocycles. The Balaban J connectivity index is 2.27. The van der Waals surface area contributed by atoms with Crippen LogP contribution in [0.2, 0.25) is 0 Å². The summed E-state index contributed by atoms with van der Waals surface area (Å²) in [6, 6.07) is 9.27. The summed E-state index contributed by atoms with van der Waals surface area (Å²) < 4.78 is 33.4. The molecule has 0 spiro atoms. The lowest BCUT2D eigenvalue weighted by Gasteiger charge is -2.08. The number of aromatic nitrogens is 1. The Kier molecular flexibility index (Phi) is 3.96. The third-order valence-electron chi connectivity index (χ3n) is 3.85. The highest BCUT2D eigenvalue weighted by atomic mass is 19.1. The number of hydrogen-bond acceptors (Lipinski definition) is 3. The Morgan fingerprint density at radius 1 is 0.957 bits per heavy atom. The van der Waals surface area contributed by atoms with Crippen molar-refractivity contribution < 1.29 is 18.4 Å². The highest BCUT2D eigenvalue weighted by Gasteiger charge is 2.24. The number of rotatable bonds is 3. The molecule has 118 valence electrons. The first kappa shape index (κ1) is 15.4. The van der Waals surface area contributed by atoms with Crippen LogP contribution in [0.15, 0.2) is 40.9 Å². The van der Waals surface area contributed by atoms with Crippen molar-refractivity contribution in [2.45, 2.75) is 20.5 Å². The molecule has 3 aromatic rings. The van der Waals surface area contributed by atoms with Crippen LogP contribution >= 0.6 is 0 Å². The number of aliphatic hydroxyl groups is 1. The number of hydrogen-bond donors (Lipinski definition) is 1. The molecule has 0 aliphatic carbocycles. The van der Waals surface area contributed by atoms with E-state index < -0.39 is 18.2 Å². The molecular weight excluding hydrogens is 300 g/mol. The molecule has 0 amide bonds. The van der Waals surface area contributed by atoms with E-state index in [0.717, 1.165) is 28.8 Å². The summed E-state index contributed by atoms with van der Waals surface area (Å²) in [6.07, 6.45) is 0. The molecule has 0 atom stereocenters. The van der Waals surface area contributed by atoms with Gasteiger partial charge in [0.15, 0.2) is 5.76 Å².